The molecule has 2 aromatic heterocycles. The van der Waals surface area contributed by atoms with Gasteiger partial charge in [-0.25, -0.2) is 9.97 Å². The molecule has 3 aromatic rings. The Labute approximate surface area is 116 Å². The molecule has 1 aromatic carbocycles. The second kappa shape index (κ2) is 4.85. The summed E-state index contributed by atoms with van der Waals surface area (Å²) in [6.45, 7) is 4.00. The van der Waals surface area contributed by atoms with Crippen LogP contribution < -0.4 is 10.5 Å². The lowest BCUT2D eigenvalue weighted by atomic mass is 10.2. The van der Waals surface area contributed by atoms with Crippen LogP contribution in [0.2, 0.25) is 0 Å². The van der Waals surface area contributed by atoms with Crippen LogP contribution in [0.25, 0.3) is 22.6 Å². The Kier molecular flexibility index (Phi) is 3.02. The normalized spacial score (nSPS) is 11.2. The Morgan fingerprint density at radius 1 is 1.15 bits per heavy atom. The summed E-state index contributed by atoms with van der Waals surface area (Å²) in [5, 5.41) is 0. The largest absolute Gasteiger partial charge is 0.491 e. The molecule has 0 bridgehead atoms. The van der Waals surface area contributed by atoms with Gasteiger partial charge in [-0.05, 0) is 38.1 Å². The van der Waals surface area contributed by atoms with Crippen molar-refractivity contribution in [3.05, 3.63) is 36.4 Å². The molecule has 102 valence electrons. The molecule has 5 heteroatoms. The standard InChI is InChI=1S/C15H16N4O/c1-9(2)20-11-5-3-4-10(8-11)14-17-12-6-7-13(16)18-15(12)19-14/h3-9H,1-2H3,(H3,16,17,18,19). The first kappa shape index (κ1) is 12.5. The van der Waals surface area contributed by atoms with Gasteiger partial charge in [0.1, 0.15) is 17.4 Å². The maximum atomic E-state index is 5.69. The summed E-state index contributed by atoms with van der Waals surface area (Å²) in [5.41, 5.74) is 8.11. The number of pyridine rings is 1. The van der Waals surface area contributed by atoms with Gasteiger partial charge >= 0.3 is 0 Å². The highest BCUT2D eigenvalue weighted by molar-refractivity contribution is 5.77. The molecule has 20 heavy (non-hydrogen) atoms. The first-order valence-electron chi connectivity index (χ1n) is 6.51. The molecular weight excluding hydrogens is 252 g/mol. The fraction of sp³-hybridized carbons (Fsp3) is 0.200. The van der Waals surface area contributed by atoms with Crippen LogP contribution in [0, 0.1) is 0 Å². The van der Waals surface area contributed by atoms with Gasteiger partial charge in [-0.3, -0.25) is 0 Å². The van der Waals surface area contributed by atoms with Gasteiger partial charge in [0.25, 0.3) is 0 Å². The van der Waals surface area contributed by atoms with E-state index in [1.54, 1.807) is 6.07 Å². The summed E-state index contributed by atoms with van der Waals surface area (Å²) < 4.78 is 5.69. The molecule has 0 spiro atoms. The number of aromatic amines is 1. The summed E-state index contributed by atoms with van der Waals surface area (Å²) in [6, 6.07) is 11.4. The molecule has 0 unspecified atom stereocenters. The van der Waals surface area contributed by atoms with E-state index in [0.29, 0.717) is 11.5 Å². The first-order chi connectivity index (χ1) is 9.61. The number of fused-ring (bicyclic) bond motifs is 1. The molecule has 0 radical (unpaired) electrons. The van der Waals surface area contributed by atoms with Crippen molar-refractivity contribution in [3.63, 3.8) is 0 Å². The number of hydrogen-bond acceptors (Lipinski definition) is 4. The summed E-state index contributed by atoms with van der Waals surface area (Å²) >= 11 is 0. The Morgan fingerprint density at radius 3 is 2.80 bits per heavy atom. The molecule has 0 amide bonds. The molecule has 0 fully saturated rings. The number of imidazole rings is 1. The van der Waals surface area contributed by atoms with E-state index in [1.165, 1.54) is 0 Å². The maximum absolute atomic E-state index is 5.69. The van der Waals surface area contributed by atoms with Gasteiger partial charge < -0.3 is 15.5 Å². The van der Waals surface area contributed by atoms with Crippen molar-refractivity contribution in [1.29, 1.82) is 0 Å². The quantitative estimate of drug-likeness (QED) is 0.765. The molecule has 3 rings (SSSR count). The van der Waals surface area contributed by atoms with Crippen molar-refractivity contribution in [3.8, 4) is 17.1 Å². The molecule has 0 saturated heterocycles. The van der Waals surface area contributed by atoms with Crippen molar-refractivity contribution in [2.24, 2.45) is 0 Å². The van der Waals surface area contributed by atoms with E-state index in [0.717, 1.165) is 22.7 Å². The lowest BCUT2D eigenvalue weighted by Gasteiger charge is -2.09. The summed E-state index contributed by atoms with van der Waals surface area (Å²) in [6.07, 6.45) is 0.141. The van der Waals surface area contributed by atoms with Gasteiger partial charge in [0.15, 0.2) is 5.65 Å². The SMILES string of the molecule is CC(C)Oc1cccc(-c2nc3nc(N)ccc3[nH]2)c1. The first-order valence-corrected chi connectivity index (χ1v) is 6.51. The number of hydrogen-bond donors (Lipinski definition) is 2. The van der Waals surface area contributed by atoms with Gasteiger partial charge in [0, 0.05) is 5.56 Å². The van der Waals surface area contributed by atoms with Gasteiger partial charge in [-0.1, -0.05) is 12.1 Å². The van der Waals surface area contributed by atoms with Gasteiger partial charge in [0.05, 0.1) is 11.6 Å². The number of ether oxygens (including phenoxy) is 1. The summed E-state index contributed by atoms with van der Waals surface area (Å²) in [4.78, 5) is 11.9. The van der Waals surface area contributed by atoms with Gasteiger partial charge in [-0.2, -0.15) is 0 Å². The molecule has 3 N–H and O–H groups in total. The van der Waals surface area contributed by atoms with Crippen molar-refractivity contribution in [2.45, 2.75) is 20.0 Å². The Bertz CT molecular complexity index is 748. The van der Waals surface area contributed by atoms with Crippen LogP contribution in [-0.4, -0.2) is 21.1 Å². The lowest BCUT2D eigenvalue weighted by Crippen LogP contribution is -2.05. The number of nitrogens with two attached hydrogens (primary N) is 1. The number of rotatable bonds is 3. The van der Waals surface area contributed by atoms with Gasteiger partial charge in [-0.15, -0.1) is 0 Å². The lowest BCUT2D eigenvalue weighted by molar-refractivity contribution is 0.242. The third kappa shape index (κ3) is 2.42. The van der Waals surface area contributed by atoms with E-state index in [4.69, 9.17) is 10.5 Å². The minimum absolute atomic E-state index is 0.141. The second-order valence-electron chi connectivity index (χ2n) is 4.89. The molecule has 0 aliphatic carbocycles. The van der Waals surface area contributed by atoms with Crippen LogP contribution in [0.1, 0.15) is 13.8 Å². The van der Waals surface area contributed by atoms with E-state index in [2.05, 4.69) is 15.0 Å². The van der Waals surface area contributed by atoms with Crippen LogP contribution >= 0.6 is 0 Å². The number of nitrogens with one attached hydrogen (secondary N) is 1. The molecule has 0 aliphatic heterocycles. The van der Waals surface area contributed by atoms with E-state index >= 15 is 0 Å². The highest BCUT2D eigenvalue weighted by Gasteiger charge is 2.08. The zero-order valence-electron chi connectivity index (χ0n) is 11.4. The van der Waals surface area contributed by atoms with Crippen molar-refractivity contribution >= 4 is 17.0 Å². The molecule has 0 saturated carbocycles. The third-order valence-electron chi connectivity index (χ3n) is 2.85. The van der Waals surface area contributed by atoms with E-state index in [9.17, 15) is 0 Å². The van der Waals surface area contributed by atoms with Crippen LogP contribution in [0.15, 0.2) is 36.4 Å². The third-order valence-corrected chi connectivity index (χ3v) is 2.85. The smallest absolute Gasteiger partial charge is 0.180 e. The summed E-state index contributed by atoms with van der Waals surface area (Å²) in [7, 11) is 0. The highest BCUT2D eigenvalue weighted by Crippen LogP contribution is 2.24. The number of nitrogens with zero attached hydrogens (tertiary/aromatic N) is 2. The monoisotopic (exact) mass is 268 g/mol. The number of anilines is 1. The zero-order chi connectivity index (χ0) is 14.1. The fourth-order valence-corrected chi connectivity index (χ4v) is 2.03. The highest BCUT2D eigenvalue weighted by atomic mass is 16.5. The van der Waals surface area contributed by atoms with E-state index in [-0.39, 0.29) is 6.10 Å². The fourth-order valence-electron chi connectivity index (χ4n) is 2.03. The zero-order valence-corrected chi connectivity index (χ0v) is 11.4. The van der Waals surface area contributed by atoms with Crippen molar-refractivity contribution in [2.75, 3.05) is 5.73 Å². The minimum Gasteiger partial charge on any atom is -0.491 e. The van der Waals surface area contributed by atoms with Crippen LogP contribution in [0.5, 0.6) is 5.75 Å². The van der Waals surface area contributed by atoms with Gasteiger partial charge in [0.2, 0.25) is 0 Å². The van der Waals surface area contributed by atoms with Crippen molar-refractivity contribution < 1.29 is 4.74 Å². The minimum atomic E-state index is 0.141. The van der Waals surface area contributed by atoms with Crippen LogP contribution in [0.3, 0.4) is 0 Å². The average molecular weight is 268 g/mol. The topological polar surface area (TPSA) is 76.8 Å². The maximum Gasteiger partial charge on any atom is 0.180 e. The molecular formula is C15H16N4O. The molecule has 0 atom stereocenters. The molecule has 5 nitrogen and oxygen atoms in total. The number of benzene rings is 1. The van der Waals surface area contributed by atoms with Crippen LogP contribution in [-0.2, 0) is 0 Å². The Morgan fingerprint density at radius 2 is 2.00 bits per heavy atom. The predicted octanol–water partition coefficient (Wildman–Crippen LogP) is 2.99. The summed E-state index contributed by atoms with van der Waals surface area (Å²) in [5.74, 6) is 2.05. The molecule has 2 heterocycles. The van der Waals surface area contributed by atoms with Crippen molar-refractivity contribution in [1.82, 2.24) is 15.0 Å². The average Bonchev–Trinajstić information content (AvgIpc) is 2.81. The van der Waals surface area contributed by atoms with Crippen LogP contribution in [0.4, 0.5) is 5.82 Å². The Hall–Kier alpha value is -2.56. The second-order valence-corrected chi connectivity index (χ2v) is 4.89. The molecule has 0 aliphatic rings. The Balaban J connectivity index is 2.01. The van der Waals surface area contributed by atoms with E-state index in [1.807, 2.05) is 44.2 Å². The number of aromatic nitrogens is 3. The number of H-pyrrole nitrogens is 1. The number of nitrogen functional groups attached to an aromatic ring is 1. The predicted molar refractivity (Wildman–Crippen MR) is 79.5 cm³/mol. The van der Waals surface area contributed by atoms with E-state index < -0.39 is 0 Å².